The molecule has 1 unspecified atom stereocenters. The molecule has 0 aliphatic carbocycles. The second-order valence-electron chi connectivity index (χ2n) is 6.75. The third-order valence-corrected chi connectivity index (χ3v) is 5.75. The van der Waals surface area contributed by atoms with Gasteiger partial charge in [0.2, 0.25) is 6.41 Å². The molecule has 24 heavy (non-hydrogen) atoms. The summed E-state index contributed by atoms with van der Waals surface area (Å²) in [5, 5.41) is 6.34. The van der Waals surface area contributed by atoms with E-state index in [0.717, 1.165) is 61.2 Å². The Balaban J connectivity index is 1.57. The van der Waals surface area contributed by atoms with Crippen molar-refractivity contribution in [2.24, 2.45) is 0 Å². The van der Waals surface area contributed by atoms with Crippen LogP contribution in [0.15, 0.2) is 24.5 Å². The zero-order valence-corrected chi connectivity index (χ0v) is 13.8. The van der Waals surface area contributed by atoms with Gasteiger partial charge in [0.05, 0.1) is 10.7 Å². The van der Waals surface area contributed by atoms with Gasteiger partial charge in [-0.05, 0) is 25.0 Å². The summed E-state index contributed by atoms with van der Waals surface area (Å²) in [6, 6.07) is 4.18. The molecule has 7 heteroatoms. The second kappa shape index (κ2) is 4.83. The standard InChI is InChI=1S/C17H16ClN5O/c18-13-8-20-16-12(13)5-11(7-19-16)14-6-15-17(2-4-23(15)21-14)1-3-22(9-17)10-24/h5-8,10H,1-4,9H2,(H,19,20). The van der Waals surface area contributed by atoms with Crippen molar-refractivity contribution in [3.05, 3.63) is 35.2 Å². The summed E-state index contributed by atoms with van der Waals surface area (Å²) in [5.74, 6) is 0. The molecular formula is C17H16ClN5O. The fourth-order valence-corrected chi connectivity index (χ4v) is 4.32. The van der Waals surface area contributed by atoms with Crippen molar-refractivity contribution in [2.45, 2.75) is 24.8 Å². The van der Waals surface area contributed by atoms with Crippen LogP contribution in [0.4, 0.5) is 0 Å². The Labute approximate surface area is 143 Å². The molecule has 2 aliphatic rings. The number of H-pyrrole nitrogens is 1. The van der Waals surface area contributed by atoms with Crippen LogP contribution in [0.2, 0.25) is 5.02 Å². The van der Waals surface area contributed by atoms with E-state index in [1.54, 1.807) is 6.20 Å². The van der Waals surface area contributed by atoms with Crippen LogP contribution in [0.5, 0.6) is 0 Å². The molecule has 0 bridgehead atoms. The van der Waals surface area contributed by atoms with Gasteiger partial charge in [-0.25, -0.2) is 4.98 Å². The minimum atomic E-state index is 0.0649. The second-order valence-corrected chi connectivity index (χ2v) is 7.16. The maximum Gasteiger partial charge on any atom is 0.209 e. The lowest BCUT2D eigenvalue weighted by molar-refractivity contribution is -0.117. The summed E-state index contributed by atoms with van der Waals surface area (Å²) in [6.07, 6.45) is 6.60. The summed E-state index contributed by atoms with van der Waals surface area (Å²) < 4.78 is 2.09. The Morgan fingerprint density at radius 3 is 3.00 bits per heavy atom. The number of halogens is 1. The maximum absolute atomic E-state index is 11.1. The van der Waals surface area contributed by atoms with E-state index in [-0.39, 0.29) is 5.41 Å². The highest BCUT2D eigenvalue weighted by molar-refractivity contribution is 6.35. The fourth-order valence-electron chi connectivity index (χ4n) is 4.12. The monoisotopic (exact) mass is 341 g/mol. The number of pyridine rings is 1. The van der Waals surface area contributed by atoms with E-state index < -0.39 is 0 Å². The first-order valence-electron chi connectivity index (χ1n) is 8.09. The maximum atomic E-state index is 11.1. The first-order valence-corrected chi connectivity index (χ1v) is 8.47. The van der Waals surface area contributed by atoms with E-state index in [9.17, 15) is 4.79 Å². The number of aryl methyl sites for hydroxylation is 1. The molecule has 3 aromatic heterocycles. The molecule has 122 valence electrons. The van der Waals surface area contributed by atoms with Gasteiger partial charge in [-0.15, -0.1) is 0 Å². The van der Waals surface area contributed by atoms with Crippen LogP contribution in [0.25, 0.3) is 22.3 Å². The average molecular weight is 342 g/mol. The number of amides is 1. The fraction of sp³-hybridized carbons (Fsp3) is 0.353. The van der Waals surface area contributed by atoms with Crippen LogP contribution in [-0.2, 0) is 16.8 Å². The Kier molecular flexibility index (Phi) is 2.83. The van der Waals surface area contributed by atoms with Crippen molar-refractivity contribution in [1.82, 2.24) is 24.6 Å². The molecule has 5 heterocycles. The van der Waals surface area contributed by atoms with Crippen molar-refractivity contribution in [2.75, 3.05) is 13.1 Å². The lowest BCUT2D eigenvalue weighted by Crippen LogP contribution is -2.28. The topological polar surface area (TPSA) is 66.8 Å². The van der Waals surface area contributed by atoms with Crippen molar-refractivity contribution in [1.29, 1.82) is 0 Å². The van der Waals surface area contributed by atoms with E-state index in [1.165, 1.54) is 5.69 Å². The van der Waals surface area contributed by atoms with Crippen molar-refractivity contribution in [3.63, 3.8) is 0 Å². The van der Waals surface area contributed by atoms with Gasteiger partial charge in [0.25, 0.3) is 0 Å². The molecule has 0 saturated carbocycles. The summed E-state index contributed by atoms with van der Waals surface area (Å²) in [5.41, 5.74) is 3.97. The van der Waals surface area contributed by atoms with Crippen molar-refractivity contribution in [3.8, 4) is 11.3 Å². The minimum absolute atomic E-state index is 0.0649. The molecule has 1 fully saturated rings. The first kappa shape index (κ1) is 14.0. The first-order chi connectivity index (χ1) is 11.7. The largest absolute Gasteiger partial charge is 0.345 e. The SMILES string of the molecule is O=CN1CCC2(CCn3nc(-c4cnc5[nH]cc(Cl)c5c4)cc32)C1. The van der Waals surface area contributed by atoms with E-state index in [2.05, 4.69) is 20.7 Å². The summed E-state index contributed by atoms with van der Waals surface area (Å²) in [6.45, 7) is 2.53. The molecule has 5 rings (SSSR count). The molecule has 1 amide bonds. The van der Waals surface area contributed by atoms with Crippen LogP contribution in [0, 0.1) is 0 Å². The number of carbonyl (C=O) groups is 1. The Morgan fingerprint density at radius 2 is 2.17 bits per heavy atom. The minimum Gasteiger partial charge on any atom is -0.345 e. The van der Waals surface area contributed by atoms with E-state index >= 15 is 0 Å². The van der Waals surface area contributed by atoms with Crippen LogP contribution < -0.4 is 0 Å². The highest BCUT2D eigenvalue weighted by Gasteiger charge is 2.45. The molecule has 1 spiro atoms. The van der Waals surface area contributed by atoms with Gasteiger partial charge in [0, 0.05) is 54.1 Å². The summed E-state index contributed by atoms with van der Waals surface area (Å²) in [7, 11) is 0. The van der Waals surface area contributed by atoms with Crippen LogP contribution in [0.1, 0.15) is 18.5 Å². The normalized spacial score (nSPS) is 22.6. The molecule has 2 aliphatic heterocycles. The Bertz CT molecular complexity index is 961. The number of nitrogens with one attached hydrogen (secondary N) is 1. The van der Waals surface area contributed by atoms with Crippen molar-refractivity contribution >= 4 is 29.0 Å². The quantitative estimate of drug-likeness (QED) is 0.728. The number of fused-ring (bicyclic) bond motifs is 3. The molecule has 1 N–H and O–H groups in total. The predicted molar refractivity (Wildman–Crippen MR) is 90.9 cm³/mol. The number of carbonyl (C=O) groups excluding carboxylic acids is 1. The summed E-state index contributed by atoms with van der Waals surface area (Å²) in [4.78, 5) is 20.4. The van der Waals surface area contributed by atoms with Crippen molar-refractivity contribution < 1.29 is 4.79 Å². The van der Waals surface area contributed by atoms with Gasteiger partial charge in [0.15, 0.2) is 0 Å². The zero-order valence-electron chi connectivity index (χ0n) is 13.0. The lowest BCUT2D eigenvalue weighted by Gasteiger charge is -2.21. The van der Waals surface area contributed by atoms with Gasteiger partial charge in [0.1, 0.15) is 5.65 Å². The Morgan fingerprint density at radius 1 is 1.29 bits per heavy atom. The molecule has 1 atom stereocenters. The van der Waals surface area contributed by atoms with Gasteiger partial charge < -0.3 is 9.88 Å². The van der Waals surface area contributed by atoms with Gasteiger partial charge >= 0.3 is 0 Å². The van der Waals surface area contributed by atoms with E-state index in [0.29, 0.717) is 5.02 Å². The number of rotatable bonds is 2. The average Bonchev–Trinajstić information content (AvgIpc) is 3.34. The molecular weight excluding hydrogens is 326 g/mol. The highest BCUT2D eigenvalue weighted by atomic mass is 35.5. The Hall–Kier alpha value is -2.34. The molecule has 6 nitrogen and oxygen atoms in total. The number of likely N-dealkylation sites (tertiary alicyclic amines) is 1. The molecule has 3 aromatic rings. The smallest absolute Gasteiger partial charge is 0.209 e. The number of nitrogens with zero attached hydrogens (tertiary/aromatic N) is 4. The summed E-state index contributed by atoms with van der Waals surface area (Å²) >= 11 is 6.20. The number of aromatic amines is 1. The van der Waals surface area contributed by atoms with E-state index in [1.807, 2.05) is 17.2 Å². The number of hydrogen-bond donors (Lipinski definition) is 1. The molecule has 0 aromatic carbocycles. The zero-order chi connectivity index (χ0) is 16.3. The highest BCUT2D eigenvalue weighted by Crippen LogP contribution is 2.43. The number of hydrogen-bond acceptors (Lipinski definition) is 3. The number of aromatic nitrogens is 4. The van der Waals surface area contributed by atoms with Crippen LogP contribution in [-0.4, -0.2) is 44.1 Å². The van der Waals surface area contributed by atoms with Gasteiger partial charge in [-0.3, -0.25) is 9.48 Å². The predicted octanol–water partition coefficient (Wildman–Crippen LogP) is 2.58. The van der Waals surface area contributed by atoms with Gasteiger partial charge in [-0.2, -0.15) is 5.10 Å². The third kappa shape index (κ3) is 1.86. The molecule has 0 radical (unpaired) electrons. The van der Waals surface area contributed by atoms with Crippen LogP contribution in [0.3, 0.4) is 0 Å². The van der Waals surface area contributed by atoms with Gasteiger partial charge in [-0.1, -0.05) is 11.6 Å². The van der Waals surface area contributed by atoms with Crippen LogP contribution >= 0.6 is 11.6 Å². The molecule has 1 saturated heterocycles. The third-order valence-electron chi connectivity index (χ3n) is 5.43. The van der Waals surface area contributed by atoms with E-state index in [4.69, 9.17) is 16.7 Å². The lowest BCUT2D eigenvalue weighted by atomic mass is 9.82.